The van der Waals surface area contributed by atoms with Crippen LogP contribution in [-0.4, -0.2) is 43.0 Å². The second-order valence-electron chi connectivity index (χ2n) is 8.78. The zero-order chi connectivity index (χ0) is 24.8. The van der Waals surface area contributed by atoms with Crippen LogP contribution in [0.1, 0.15) is 41.0 Å². The monoisotopic (exact) mass is 477 g/mol. The van der Waals surface area contributed by atoms with Crippen molar-refractivity contribution in [1.29, 1.82) is 0 Å². The predicted molar refractivity (Wildman–Crippen MR) is 132 cm³/mol. The van der Waals surface area contributed by atoms with Crippen LogP contribution in [0.3, 0.4) is 0 Å². The van der Waals surface area contributed by atoms with E-state index in [9.17, 15) is 4.79 Å². The molecular formula is C28H31NO6. The van der Waals surface area contributed by atoms with Gasteiger partial charge in [-0.2, -0.15) is 0 Å². The molecule has 1 N–H and O–H groups in total. The van der Waals surface area contributed by atoms with Crippen molar-refractivity contribution in [3.63, 3.8) is 0 Å². The van der Waals surface area contributed by atoms with Crippen molar-refractivity contribution in [3.8, 4) is 28.5 Å². The van der Waals surface area contributed by atoms with E-state index in [0.717, 1.165) is 40.0 Å². The third kappa shape index (κ3) is 6.11. The van der Waals surface area contributed by atoms with Gasteiger partial charge in [-0.3, -0.25) is 4.79 Å². The number of fused-ring (bicyclic) bond motifs is 1. The van der Waals surface area contributed by atoms with Crippen LogP contribution in [0.4, 0.5) is 0 Å². The van der Waals surface area contributed by atoms with Crippen LogP contribution in [0.5, 0.6) is 17.4 Å². The van der Waals surface area contributed by atoms with Gasteiger partial charge in [-0.25, -0.2) is 4.98 Å². The molecule has 0 fully saturated rings. The van der Waals surface area contributed by atoms with Gasteiger partial charge in [0, 0.05) is 43.9 Å². The Bertz CT molecular complexity index is 1170. The number of aliphatic carboxylic acids is 1. The molecule has 0 spiro atoms. The molecule has 0 unspecified atom stereocenters. The fourth-order valence-electron chi connectivity index (χ4n) is 4.43. The van der Waals surface area contributed by atoms with E-state index in [1.165, 1.54) is 5.56 Å². The Morgan fingerprint density at radius 2 is 1.91 bits per heavy atom. The van der Waals surface area contributed by atoms with Gasteiger partial charge >= 0.3 is 5.97 Å². The Balaban J connectivity index is 1.43. The van der Waals surface area contributed by atoms with E-state index in [1.807, 2.05) is 12.1 Å². The molecule has 4 rings (SSSR count). The highest BCUT2D eigenvalue weighted by molar-refractivity contribution is 5.72. The molecule has 0 saturated heterocycles. The first kappa shape index (κ1) is 24.5. The minimum absolute atomic E-state index is 0.0292. The van der Waals surface area contributed by atoms with Crippen LogP contribution in [0.2, 0.25) is 0 Å². The molecule has 1 aliphatic heterocycles. The summed E-state index contributed by atoms with van der Waals surface area (Å²) in [4.78, 5) is 15.4. The van der Waals surface area contributed by atoms with Gasteiger partial charge in [-0.15, -0.1) is 0 Å². The number of aromatic nitrogens is 1. The number of carbonyl (C=O) groups is 1. The molecule has 7 heteroatoms. The molecule has 0 amide bonds. The fourth-order valence-corrected chi connectivity index (χ4v) is 4.43. The summed E-state index contributed by atoms with van der Waals surface area (Å²) in [5.74, 6) is 0.948. The second-order valence-corrected chi connectivity index (χ2v) is 8.78. The SMILES string of the molecule is COCCCOc1cc(C)c(-c2cccc(COc3cc4c(cn3)[C@H](CC(=O)O)CO4)c2)c(C)c1. The molecule has 0 bridgehead atoms. The average Bonchev–Trinajstić information content (AvgIpc) is 3.22. The van der Waals surface area contributed by atoms with E-state index < -0.39 is 5.97 Å². The fraction of sp³-hybridized carbons (Fsp3) is 0.357. The summed E-state index contributed by atoms with van der Waals surface area (Å²) >= 11 is 0. The molecule has 0 radical (unpaired) electrons. The summed E-state index contributed by atoms with van der Waals surface area (Å²) in [5.41, 5.74) is 6.45. The normalized spacial score (nSPS) is 14.3. The lowest BCUT2D eigenvalue weighted by Gasteiger charge is -2.15. The zero-order valence-electron chi connectivity index (χ0n) is 20.4. The summed E-state index contributed by atoms with van der Waals surface area (Å²) in [6.07, 6.45) is 2.54. The number of rotatable bonds is 11. The molecule has 1 aromatic heterocycles. The summed E-state index contributed by atoms with van der Waals surface area (Å²) in [5, 5.41) is 9.06. The lowest BCUT2D eigenvalue weighted by atomic mass is 9.94. The van der Waals surface area contributed by atoms with Crippen molar-refractivity contribution in [3.05, 3.63) is 70.9 Å². The molecular weight excluding hydrogens is 446 g/mol. The van der Waals surface area contributed by atoms with Gasteiger partial charge in [0.25, 0.3) is 0 Å². The van der Waals surface area contributed by atoms with Gasteiger partial charge in [0.15, 0.2) is 0 Å². The number of hydrogen-bond donors (Lipinski definition) is 1. The van der Waals surface area contributed by atoms with Crippen molar-refractivity contribution >= 4 is 5.97 Å². The molecule has 2 heterocycles. The molecule has 35 heavy (non-hydrogen) atoms. The van der Waals surface area contributed by atoms with Gasteiger partial charge in [0.2, 0.25) is 5.88 Å². The van der Waals surface area contributed by atoms with Gasteiger partial charge in [0.05, 0.1) is 19.6 Å². The minimum atomic E-state index is -0.846. The molecule has 1 atom stereocenters. The number of carboxylic acids is 1. The molecule has 0 aliphatic carbocycles. The number of pyridine rings is 1. The number of hydrogen-bond acceptors (Lipinski definition) is 6. The van der Waals surface area contributed by atoms with E-state index in [0.29, 0.717) is 38.1 Å². The Kier molecular flexibility index (Phi) is 7.87. The first-order valence-electron chi connectivity index (χ1n) is 11.7. The summed E-state index contributed by atoms with van der Waals surface area (Å²) in [7, 11) is 1.69. The van der Waals surface area contributed by atoms with Crippen LogP contribution >= 0.6 is 0 Å². The van der Waals surface area contributed by atoms with Crippen LogP contribution in [0, 0.1) is 13.8 Å². The molecule has 2 aromatic carbocycles. The van der Waals surface area contributed by atoms with Gasteiger partial charge in [0.1, 0.15) is 18.1 Å². The first-order chi connectivity index (χ1) is 16.9. The Morgan fingerprint density at radius 1 is 1.11 bits per heavy atom. The van der Waals surface area contributed by atoms with E-state index in [4.69, 9.17) is 24.1 Å². The summed E-state index contributed by atoms with van der Waals surface area (Å²) in [6, 6.07) is 14.2. The number of ether oxygens (including phenoxy) is 4. The maximum Gasteiger partial charge on any atom is 0.304 e. The van der Waals surface area contributed by atoms with Crippen molar-refractivity contribution in [2.24, 2.45) is 0 Å². The zero-order valence-corrected chi connectivity index (χ0v) is 20.4. The van der Waals surface area contributed by atoms with Crippen LogP contribution in [0.15, 0.2) is 48.7 Å². The third-order valence-corrected chi connectivity index (χ3v) is 6.04. The van der Waals surface area contributed by atoms with E-state index in [2.05, 4.69) is 43.1 Å². The number of aryl methyl sites for hydroxylation is 2. The molecule has 7 nitrogen and oxygen atoms in total. The lowest BCUT2D eigenvalue weighted by molar-refractivity contribution is -0.137. The Labute approximate surface area is 205 Å². The van der Waals surface area contributed by atoms with Crippen molar-refractivity contribution in [2.75, 3.05) is 26.9 Å². The standard InChI is InChI=1S/C28H31NO6/c1-18-10-23(33-9-5-8-32-3)11-19(2)28(18)21-7-4-6-20(12-21)16-35-26-14-25-24(15-29-26)22(17-34-25)13-27(30)31/h4,6-7,10-12,14-15,22H,5,8-9,13,16-17H2,1-3H3,(H,30,31)/t22-/m1/s1. The van der Waals surface area contributed by atoms with Crippen LogP contribution in [-0.2, 0) is 16.1 Å². The number of carboxylic acid groups (broad SMARTS) is 1. The maximum absolute atomic E-state index is 11.0. The van der Waals surface area contributed by atoms with Crippen LogP contribution in [0.25, 0.3) is 11.1 Å². The highest BCUT2D eigenvalue weighted by Crippen LogP contribution is 2.37. The number of benzene rings is 2. The first-order valence-corrected chi connectivity index (χ1v) is 11.7. The van der Waals surface area contributed by atoms with Crippen molar-refractivity contribution < 1.29 is 28.8 Å². The second kappa shape index (κ2) is 11.2. The smallest absolute Gasteiger partial charge is 0.304 e. The van der Waals surface area contributed by atoms with E-state index >= 15 is 0 Å². The molecule has 0 saturated carbocycles. The van der Waals surface area contributed by atoms with Gasteiger partial charge in [-0.1, -0.05) is 18.2 Å². The maximum atomic E-state index is 11.0. The topological polar surface area (TPSA) is 87.1 Å². The number of nitrogens with zero attached hydrogens (tertiary/aromatic N) is 1. The van der Waals surface area contributed by atoms with Gasteiger partial charge < -0.3 is 24.1 Å². The minimum Gasteiger partial charge on any atom is -0.493 e. The quantitative estimate of drug-likeness (QED) is 0.375. The lowest BCUT2D eigenvalue weighted by Crippen LogP contribution is -2.07. The third-order valence-electron chi connectivity index (χ3n) is 6.04. The van der Waals surface area contributed by atoms with Crippen molar-refractivity contribution in [1.82, 2.24) is 4.98 Å². The predicted octanol–water partition coefficient (Wildman–Crippen LogP) is 5.31. The summed E-state index contributed by atoms with van der Waals surface area (Å²) < 4.78 is 22.5. The highest BCUT2D eigenvalue weighted by Gasteiger charge is 2.27. The number of methoxy groups -OCH3 is 1. The molecule has 1 aliphatic rings. The average molecular weight is 478 g/mol. The molecule has 184 valence electrons. The van der Waals surface area contributed by atoms with Crippen LogP contribution < -0.4 is 14.2 Å². The summed E-state index contributed by atoms with van der Waals surface area (Å²) in [6.45, 7) is 6.21. The Hall–Kier alpha value is -3.58. The van der Waals surface area contributed by atoms with Gasteiger partial charge in [-0.05, 0) is 59.9 Å². The van der Waals surface area contributed by atoms with Crippen molar-refractivity contribution in [2.45, 2.75) is 39.2 Å². The highest BCUT2D eigenvalue weighted by atomic mass is 16.5. The Morgan fingerprint density at radius 3 is 2.66 bits per heavy atom. The largest absolute Gasteiger partial charge is 0.493 e. The van der Waals surface area contributed by atoms with E-state index in [-0.39, 0.29) is 12.3 Å². The van der Waals surface area contributed by atoms with E-state index in [1.54, 1.807) is 19.4 Å². The molecule has 3 aromatic rings.